The minimum Gasteiger partial charge on any atom is -0.494 e. The predicted molar refractivity (Wildman–Crippen MR) is 298 cm³/mol. The number of fused-ring (bicyclic) bond motifs is 3. The number of aromatic nitrogens is 4. The number of carbonyl (C=O) groups is 4. The third-order valence-electron chi connectivity index (χ3n) is 14.0. The normalized spacial score (nSPS) is 17.3. The lowest BCUT2D eigenvalue weighted by atomic mass is 9.85. The minimum atomic E-state index is -0.969. The molecule has 0 saturated carbocycles. The van der Waals surface area contributed by atoms with Gasteiger partial charge in [-0.1, -0.05) is 68.8 Å². The van der Waals surface area contributed by atoms with E-state index in [0.717, 1.165) is 70.0 Å². The summed E-state index contributed by atoms with van der Waals surface area (Å²) in [4.78, 5) is 68.4. The van der Waals surface area contributed by atoms with E-state index >= 15 is 0 Å². The fraction of sp³-hybridized carbons (Fsp3) is 0.448. The van der Waals surface area contributed by atoms with Crippen LogP contribution in [0.3, 0.4) is 0 Å². The molecule has 4 atom stereocenters. The molecule has 5 aromatic rings. The number of ether oxygens (including phenoxy) is 4. The predicted octanol–water partition coefficient (Wildman–Crippen LogP) is 7.32. The van der Waals surface area contributed by atoms with Crippen molar-refractivity contribution in [2.75, 3.05) is 58.1 Å². The number of carbonyl (C=O) groups excluding carboxylic acids is 4. The second-order valence-corrected chi connectivity index (χ2v) is 21.3. The van der Waals surface area contributed by atoms with Crippen LogP contribution >= 0.6 is 11.6 Å². The molecule has 1 saturated heterocycles. The molecule has 78 heavy (non-hydrogen) atoms. The second-order valence-electron chi connectivity index (χ2n) is 20.9. The Hall–Kier alpha value is -7.03. The number of benzene rings is 3. The van der Waals surface area contributed by atoms with Crippen molar-refractivity contribution in [1.29, 1.82) is 0 Å². The third kappa shape index (κ3) is 14.4. The van der Waals surface area contributed by atoms with Crippen molar-refractivity contribution in [3.63, 3.8) is 0 Å². The largest absolute Gasteiger partial charge is 0.494 e. The number of aromatic amines is 1. The van der Waals surface area contributed by atoms with Crippen molar-refractivity contribution in [3.8, 4) is 11.6 Å². The van der Waals surface area contributed by atoms with E-state index < -0.39 is 41.5 Å². The molecule has 3 aliphatic rings. The van der Waals surface area contributed by atoms with Gasteiger partial charge in [0.05, 0.1) is 51.3 Å². The van der Waals surface area contributed by atoms with E-state index in [9.17, 15) is 24.3 Å². The first-order valence-corrected chi connectivity index (χ1v) is 26.9. The fourth-order valence-corrected chi connectivity index (χ4v) is 9.80. The Morgan fingerprint density at radius 1 is 0.833 bits per heavy atom. The van der Waals surface area contributed by atoms with E-state index in [1.165, 1.54) is 10.5 Å². The first-order chi connectivity index (χ1) is 37.4. The average molecular weight is 1090 g/mol. The second kappa shape index (κ2) is 26.1. The number of aryl methyl sites for hydroxylation is 2. The highest BCUT2D eigenvalue weighted by Crippen LogP contribution is 2.36. The molecule has 4 amide bonds. The van der Waals surface area contributed by atoms with Gasteiger partial charge in [-0.25, -0.2) is 0 Å². The molecule has 2 unspecified atom stereocenters. The molecular formula is C58H71ClN10O9. The molecule has 0 aliphatic carbocycles. The van der Waals surface area contributed by atoms with Crippen LogP contribution in [0.2, 0.25) is 5.02 Å². The lowest BCUT2D eigenvalue weighted by Gasteiger charge is -2.35. The molecule has 0 spiro atoms. The van der Waals surface area contributed by atoms with E-state index in [4.69, 9.17) is 35.5 Å². The van der Waals surface area contributed by atoms with Crippen molar-refractivity contribution in [3.05, 3.63) is 129 Å². The highest BCUT2D eigenvalue weighted by Gasteiger charge is 2.44. The van der Waals surface area contributed by atoms with E-state index in [1.54, 1.807) is 12.1 Å². The molecule has 2 aromatic heterocycles. The van der Waals surface area contributed by atoms with Gasteiger partial charge in [-0.05, 0) is 105 Å². The lowest BCUT2D eigenvalue weighted by Crippen LogP contribution is -2.58. The van der Waals surface area contributed by atoms with Crippen LogP contribution in [0.15, 0.2) is 88.5 Å². The number of rotatable bonds is 24. The van der Waals surface area contributed by atoms with Crippen LogP contribution in [0.25, 0.3) is 11.4 Å². The summed E-state index contributed by atoms with van der Waals surface area (Å²) >= 11 is 6.25. The van der Waals surface area contributed by atoms with Crippen molar-refractivity contribution in [1.82, 2.24) is 35.3 Å². The van der Waals surface area contributed by atoms with Crippen LogP contribution < -0.4 is 20.7 Å². The summed E-state index contributed by atoms with van der Waals surface area (Å²) in [6.45, 7) is 15.5. The van der Waals surface area contributed by atoms with Crippen LogP contribution in [-0.2, 0) is 39.9 Å². The summed E-state index contributed by atoms with van der Waals surface area (Å²) in [7, 11) is 0. The van der Waals surface area contributed by atoms with Gasteiger partial charge in [-0.15, -0.1) is 10.2 Å². The zero-order chi connectivity index (χ0) is 55.5. The summed E-state index contributed by atoms with van der Waals surface area (Å²) in [6.07, 6.45) is 3.49. The molecule has 8 rings (SSSR count). The molecule has 5 N–H and O–H groups in total. The van der Waals surface area contributed by atoms with Crippen LogP contribution in [0.5, 0.6) is 5.75 Å². The summed E-state index contributed by atoms with van der Waals surface area (Å²) in [5.74, 6) is 1.22. The van der Waals surface area contributed by atoms with Crippen molar-refractivity contribution >= 4 is 58.4 Å². The van der Waals surface area contributed by atoms with Gasteiger partial charge in [-0.2, -0.15) is 0 Å². The van der Waals surface area contributed by atoms with Gasteiger partial charge in [0.2, 0.25) is 23.6 Å². The van der Waals surface area contributed by atoms with E-state index in [0.29, 0.717) is 54.5 Å². The maximum atomic E-state index is 14.0. The fourth-order valence-electron chi connectivity index (χ4n) is 9.67. The molecule has 5 heterocycles. The van der Waals surface area contributed by atoms with Gasteiger partial charge in [0, 0.05) is 72.0 Å². The number of hydrogen-bond donors (Lipinski definition) is 5. The summed E-state index contributed by atoms with van der Waals surface area (Å²) < 4.78 is 24.8. The molecule has 19 nitrogen and oxygen atoms in total. The summed E-state index contributed by atoms with van der Waals surface area (Å²) in [5.41, 5.74) is 8.68. The highest BCUT2D eigenvalue weighted by molar-refractivity contribution is 6.30. The number of halogens is 1. The highest BCUT2D eigenvalue weighted by atomic mass is 35.5. The lowest BCUT2D eigenvalue weighted by molar-refractivity contribution is -0.144. The number of anilines is 1. The molecule has 3 aliphatic heterocycles. The van der Waals surface area contributed by atoms with Crippen LogP contribution in [-0.4, -0.2) is 136 Å². The number of H-pyrrole nitrogens is 1. The first-order valence-electron chi connectivity index (χ1n) is 26.5. The van der Waals surface area contributed by atoms with Gasteiger partial charge >= 0.3 is 0 Å². The number of allylic oxidation sites excluding steroid dienone is 2. The zero-order valence-corrected chi connectivity index (χ0v) is 46.2. The smallest absolute Gasteiger partial charge is 0.246 e. The molecule has 3 aromatic carbocycles. The monoisotopic (exact) mass is 1090 g/mol. The van der Waals surface area contributed by atoms with Gasteiger partial charge in [0.25, 0.3) is 0 Å². The number of amides is 4. The van der Waals surface area contributed by atoms with Crippen molar-refractivity contribution in [2.24, 2.45) is 15.4 Å². The number of nitrogens with one attached hydrogen (secondary N) is 4. The quantitative estimate of drug-likeness (QED) is 0.0384. The van der Waals surface area contributed by atoms with Gasteiger partial charge in [0.1, 0.15) is 42.1 Å². The average Bonchev–Trinajstić information content (AvgIpc) is 4.26. The first kappa shape index (κ1) is 57.2. The van der Waals surface area contributed by atoms with Gasteiger partial charge in [0.15, 0.2) is 5.82 Å². The van der Waals surface area contributed by atoms with Crippen molar-refractivity contribution < 1.29 is 43.2 Å². The van der Waals surface area contributed by atoms with Gasteiger partial charge < -0.3 is 49.9 Å². The maximum Gasteiger partial charge on any atom is 0.246 e. The molecule has 0 radical (unpaired) electrons. The topological polar surface area (TPSA) is 236 Å². The zero-order valence-electron chi connectivity index (χ0n) is 45.5. The molecular weight excluding hydrogens is 1020 g/mol. The minimum absolute atomic E-state index is 0.0189. The number of hydrogen-bond acceptors (Lipinski definition) is 13. The Morgan fingerprint density at radius 3 is 2.21 bits per heavy atom. The van der Waals surface area contributed by atoms with Gasteiger partial charge in [-0.3, -0.25) is 33.7 Å². The molecule has 414 valence electrons. The maximum absolute atomic E-state index is 14.0. The Morgan fingerprint density at radius 2 is 1.51 bits per heavy atom. The molecule has 1 fully saturated rings. The Balaban J connectivity index is 0.684. The number of β-amino-alcohol motifs (C(OH)–C–C–N with tert-alkyl or cyclic N) is 1. The summed E-state index contributed by atoms with van der Waals surface area (Å²) in [6, 6.07) is 20.2. The standard InChI is InChI=1S/C58H71ClN10O9/c1-35-36(2)62-55-51(35)52(41-14-16-42(59)17-15-41)64-47(54-67-66-38(4)69(54)55)31-49(71)63-43-18-20-45(21-19-43)78-25-9-8-24-75-26-27-76-28-29-77-34-50(72)65-53(58(5,6)7)57(74)68-33-44(70)30-48(68)56(73)61-32-39-10-12-40(13-11-39)46-22-23-60-37(46)3/h10-21,23,44,47-48,53,62,70H,8-9,22,24-34H2,1-7H3,(H,61,73)(H,63,71)(H,65,72)/t44-,47?,48+,53?/m1/s1. The number of nitrogens with zero attached hydrogens (tertiary/aromatic N) is 6. The molecule has 20 heteroatoms. The van der Waals surface area contributed by atoms with Crippen LogP contribution in [0.1, 0.15) is 111 Å². The third-order valence-corrected chi connectivity index (χ3v) is 14.3. The van der Waals surface area contributed by atoms with Crippen LogP contribution in [0.4, 0.5) is 5.69 Å². The van der Waals surface area contributed by atoms with E-state index in [2.05, 4.69) is 36.1 Å². The van der Waals surface area contributed by atoms with Crippen molar-refractivity contribution in [2.45, 2.75) is 111 Å². The number of aliphatic hydroxyl groups excluding tert-OH is 1. The molecule has 0 bridgehead atoms. The Kier molecular flexibility index (Phi) is 19.1. The summed E-state index contributed by atoms with van der Waals surface area (Å²) in [5, 5.41) is 28.8. The number of unbranched alkanes of at least 4 members (excludes halogenated alkanes) is 1. The van der Waals surface area contributed by atoms with Crippen LogP contribution in [0, 0.1) is 26.2 Å². The van der Waals surface area contributed by atoms with E-state index in [-0.39, 0.29) is 57.6 Å². The Bertz CT molecular complexity index is 3010. The SMILES string of the molecule is CC1=C(c2ccc(CNC(=O)[C@@H]3C[C@@H](O)CN3C(=O)C(NC(=O)COCCOCCOCCCCOc3ccc(NC(=O)CC4N=C(c5ccc(Cl)cc5)c5c([nH]c(C)c5C)-n5c(C)nnc54)cc3)C(C)(C)C)cc2)CC=N1. The Labute approximate surface area is 460 Å². The van der Waals surface area contributed by atoms with E-state index in [1.807, 2.05) is 120 Å². The number of likely N-dealkylation sites (tertiary alicyclic amines) is 1. The number of aliphatic imine (C=N–C) groups is 2. The number of aliphatic hydroxyl groups is 1.